The van der Waals surface area contributed by atoms with Crippen molar-refractivity contribution in [3.05, 3.63) is 57.8 Å². The highest BCUT2D eigenvalue weighted by atomic mass is 32.1. The third kappa shape index (κ3) is 5.13. The fraction of sp³-hybridized carbons (Fsp3) is 0.125. The summed E-state index contributed by atoms with van der Waals surface area (Å²) in [5, 5.41) is 4.34. The summed E-state index contributed by atoms with van der Waals surface area (Å²) >= 11 is 1.34. The molecule has 0 fully saturated rings. The molecule has 0 saturated carbocycles. The molecule has 21 heavy (non-hydrogen) atoms. The van der Waals surface area contributed by atoms with Crippen molar-refractivity contribution in [2.45, 2.75) is 6.61 Å². The summed E-state index contributed by atoms with van der Waals surface area (Å²) in [4.78, 5) is 22.6. The molecule has 1 heterocycles. The Labute approximate surface area is 126 Å². The average Bonchev–Trinajstić information content (AvgIpc) is 2.98. The number of aldehydes is 1. The first-order valence-corrected chi connectivity index (χ1v) is 7.13. The Bertz CT molecular complexity index is 668. The normalized spacial score (nSPS) is 9.33. The summed E-state index contributed by atoms with van der Waals surface area (Å²) < 4.78 is 5.04. The number of alkyl carbamates (subject to hydrolysis) is 1. The molecule has 2 aromatic rings. The largest absolute Gasteiger partial charge is 0.445 e. The van der Waals surface area contributed by atoms with Gasteiger partial charge in [0.25, 0.3) is 0 Å². The van der Waals surface area contributed by atoms with Gasteiger partial charge in [0.1, 0.15) is 6.61 Å². The van der Waals surface area contributed by atoms with Crippen molar-refractivity contribution in [3.8, 4) is 11.8 Å². The standard InChI is InChI=1S/C16H13NO3S/c18-10-15-9-14(12-21-15)7-4-8-17-16(19)20-11-13-5-2-1-3-6-13/h1-3,5-6,9-10,12H,8,11H2,(H,17,19). The number of hydrogen-bond donors (Lipinski definition) is 1. The molecule has 1 aromatic heterocycles. The predicted molar refractivity (Wildman–Crippen MR) is 81.2 cm³/mol. The number of carbonyl (C=O) groups is 2. The summed E-state index contributed by atoms with van der Waals surface area (Å²) in [6.45, 7) is 0.424. The second kappa shape index (κ2) is 7.88. The van der Waals surface area contributed by atoms with Gasteiger partial charge in [0.15, 0.2) is 6.29 Å². The smallest absolute Gasteiger partial charge is 0.408 e. The maximum Gasteiger partial charge on any atom is 0.408 e. The van der Waals surface area contributed by atoms with Gasteiger partial charge < -0.3 is 10.1 Å². The van der Waals surface area contributed by atoms with Crippen molar-refractivity contribution < 1.29 is 14.3 Å². The Morgan fingerprint density at radius 2 is 2.14 bits per heavy atom. The molecule has 1 amide bonds. The van der Waals surface area contributed by atoms with Crippen molar-refractivity contribution >= 4 is 23.7 Å². The van der Waals surface area contributed by atoms with Gasteiger partial charge in [-0.15, -0.1) is 11.3 Å². The Balaban J connectivity index is 1.71. The van der Waals surface area contributed by atoms with E-state index in [1.54, 1.807) is 11.4 Å². The third-order valence-electron chi connectivity index (χ3n) is 2.50. The summed E-state index contributed by atoms with van der Waals surface area (Å²) in [6.07, 6.45) is 0.279. The molecule has 1 aromatic carbocycles. The van der Waals surface area contributed by atoms with Crippen LogP contribution in [0.25, 0.3) is 0 Å². The summed E-state index contributed by atoms with van der Waals surface area (Å²) in [5.74, 6) is 5.66. The number of nitrogens with one attached hydrogen (secondary N) is 1. The molecule has 0 aliphatic heterocycles. The highest BCUT2D eigenvalue weighted by molar-refractivity contribution is 7.11. The van der Waals surface area contributed by atoms with Gasteiger partial charge in [0, 0.05) is 10.9 Å². The van der Waals surface area contributed by atoms with Crippen LogP contribution in [0, 0.1) is 11.8 Å². The van der Waals surface area contributed by atoms with Crippen LogP contribution in [0.1, 0.15) is 20.8 Å². The number of amides is 1. The molecule has 2 rings (SSSR count). The molecule has 106 valence electrons. The highest BCUT2D eigenvalue weighted by Gasteiger charge is 2.00. The first-order valence-electron chi connectivity index (χ1n) is 6.25. The first-order chi connectivity index (χ1) is 10.3. The highest BCUT2D eigenvalue weighted by Crippen LogP contribution is 2.10. The number of thiophene rings is 1. The van der Waals surface area contributed by atoms with Crippen LogP contribution in [0.5, 0.6) is 0 Å². The number of hydrogen-bond acceptors (Lipinski definition) is 4. The molecule has 0 radical (unpaired) electrons. The Morgan fingerprint density at radius 1 is 1.33 bits per heavy atom. The zero-order chi connectivity index (χ0) is 14.9. The zero-order valence-electron chi connectivity index (χ0n) is 11.2. The number of carbonyl (C=O) groups excluding carboxylic acids is 2. The second-order valence-electron chi connectivity index (χ2n) is 4.07. The molecule has 0 aliphatic carbocycles. The van der Waals surface area contributed by atoms with E-state index in [2.05, 4.69) is 17.2 Å². The van der Waals surface area contributed by atoms with Crippen LogP contribution in [0.4, 0.5) is 4.79 Å². The van der Waals surface area contributed by atoms with Crippen molar-refractivity contribution in [1.29, 1.82) is 0 Å². The molecule has 0 saturated heterocycles. The molecule has 0 spiro atoms. The van der Waals surface area contributed by atoms with Crippen molar-refractivity contribution in [2.24, 2.45) is 0 Å². The average molecular weight is 299 g/mol. The number of ether oxygens (including phenoxy) is 1. The van der Waals surface area contributed by atoms with Gasteiger partial charge in [-0.25, -0.2) is 4.79 Å². The fourth-order valence-electron chi connectivity index (χ4n) is 1.52. The van der Waals surface area contributed by atoms with Gasteiger partial charge in [-0.3, -0.25) is 4.79 Å². The van der Waals surface area contributed by atoms with Gasteiger partial charge in [0.2, 0.25) is 0 Å². The molecule has 0 atom stereocenters. The van der Waals surface area contributed by atoms with Gasteiger partial charge in [-0.05, 0) is 11.6 Å². The van der Waals surface area contributed by atoms with Crippen LogP contribution in [0.2, 0.25) is 0 Å². The quantitative estimate of drug-likeness (QED) is 0.697. The minimum atomic E-state index is -0.507. The summed E-state index contributed by atoms with van der Waals surface area (Å²) in [7, 11) is 0. The van der Waals surface area contributed by atoms with E-state index in [4.69, 9.17) is 4.74 Å². The van der Waals surface area contributed by atoms with Crippen LogP contribution >= 0.6 is 11.3 Å². The lowest BCUT2D eigenvalue weighted by atomic mass is 10.2. The molecule has 4 nitrogen and oxygen atoms in total. The Hall–Kier alpha value is -2.58. The molecular formula is C16H13NO3S. The fourth-order valence-corrected chi connectivity index (χ4v) is 2.16. The van der Waals surface area contributed by atoms with Crippen LogP contribution in [-0.4, -0.2) is 18.9 Å². The van der Waals surface area contributed by atoms with E-state index in [0.29, 0.717) is 4.88 Å². The van der Waals surface area contributed by atoms with E-state index < -0.39 is 6.09 Å². The Kier molecular flexibility index (Phi) is 5.56. The maximum atomic E-state index is 11.4. The van der Waals surface area contributed by atoms with Gasteiger partial charge in [-0.1, -0.05) is 42.2 Å². The van der Waals surface area contributed by atoms with Crippen LogP contribution < -0.4 is 5.32 Å². The van der Waals surface area contributed by atoms with E-state index in [9.17, 15) is 9.59 Å². The summed E-state index contributed by atoms with van der Waals surface area (Å²) in [5.41, 5.74) is 1.69. The molecule has 0 unspecified atom stereocenters. The molecular weight excluding hydrogens is 286 g/mol. The molecule has 0 aliphatic rings. The van der Waals surface area contributed by atoms with Gasteiger partial charge >= 0.3 is 6.09 Å². The monoisotopic (exact) mass is 299 g/mol. The SMILES string of the molecule is O=Cc1cc(C#CCNC(=O)OCc2ccccc2)cs1. The molecule has 1 N–H and O–H groups in total. The molecule has 5 heteroatoms. The number of benzene rings is 1. The van der Waals surface area contributed by atoms with E-state index in [0.717, 1.165) is 17.4 Å². The van der Waals surface area contributed by atoms with Crippen LogP contribution in [-0.2, 0) is 11.3 Å². The second-order valence-corrected chi connectivity index (χ2v) is 5.02. The lowest BCUT2D eigenvalue weighted by Gasteiger charge is -2.04. The van der Waals surface area contributed by atoms with E-state index in [1.807, 2.05) is 30.3 Å². The Morgan fingerprint density at radius 3 is 2.86 bits per heavy atom. The minimum Gasteiger partial charge on any atom is -0.445 e. The van der Waals surface area contributed by atoms with Crippen LogP contribution in [0.3, 0.4) is 0 Å². The van der Waals surface area contributed by atoms with Crippen LogP contribution in [0.15, 0.2) is 41.8 Å². The van der Waals surface area contributed by atoms with Crippen molar-refractivity contribution in [2.75, 3.05) is 6.54 Å². The van der Waals surface area contributed by atoms with E-state index >= 15 is 0 Å². The topological polar surface area (TPSA) is 55.4 Å². The van der Waals surface area contributed by atoms with E-state index in [1.165, 1.54) is 11.3 Å². The van der Waals surface area contributed by atoms with Crippen molar-refractivity contribution in [3.63, 3.8) is 0 Å². The van der Waals surface area contributed by atoms with Crippen molar-refractivity contribution in [1.82, 2.24) is 5.32 Å². The number of rotatable bonds is 4. The predicted octanol–water partition coefficient (Wildman–Crippen LogP) is 2.84. The summed E-state index contributed by atoms with van der Waals surface area (Å²) in [6, 6.07) is 11.1. The zero-order valence-corrected chi connectivity index (χ0v) is 12.0. The third-order valence-corrected chi connectivity index (χ3v) is 3.36. The lowest BCUT2D eigenvalue weighted by molar-refractivity contribution is 0.112. The van der Waals surface area contributed by atoms with E-state index in [-0.39, 0.29) is 13.2 Å². The lowest BCUT2D eigenvalue weighted by Crippen LogP contribution is -2.24. The minimum absolute atomic E-state index is 0.194. The molecule has 0 bridgehead atoms. The van der Waals surface area contributed by atoms with Gasteiger partial charge in [0.05, 0.1) is 11.4 Å². The first kappa shape index (κ1) is 14.8. The van der Waals surface area contributed by atoms with Gasteiger partial charge in [-0.2, -0.15) is 0 Å². The maximum absolute atomic E-state index is 11.4.